The van der Waals surface area contributed by atoms with Crippen molar-refractivity contribution >= 4 is 34.2 Å². The van der Waals surface area contributed by atoms with E-state index < -0.39 is 0 Å². The summed E-state index contributed by atoms with van der Waals surface area (Å²) in [5.41, 5.74) is 5.66. The van der Waals surface area contributed by atoms with Gasteiger partial charge in [0.25, 0.3) is 0 Å². The van der Waals surface area contributed by atoms with E-state index in [2.05, 4.69) is 44.5 Å². The first-order valence-corrected chi connectivity index (χ1v) is 9.67. The van der Waals surface area contributed by atoms with Crippen LogP contribution in [-0.2, 0) is 4.74 Å². The normalized spacial score (nSPS) is 14.6. The number of rotatable bonds is 4. The van der Waals surface area contributed by atoms with Crippen molar-refractivity contribution in [2.24, 2.45) is 0 Å². The average Bonchev–Trinajstić information content (AvgIpc) is 3.41. The number of imidazole rings is 1. The highest BCUT2D eigenvalue weighted by molar-refractivity contribution is 7.13. The Hall–Kier alpha value is -2.97. The van der Waals surface area contributed by atoms with Gasteiger partial charge in [0.15, 0.2) is 11.5 Å². The molecular formula is C19H18N6OS. The molecule has 0 atom stereocenters. The molecule has 1 aromatic carbocycles. The molecular weight excluding hydrogens is 360 g/mol. The lowest BCUT2D eigenvalue weighted by atomic mass is 10.2. The summed E-state index contributed by atoms with van der Waals surface area (Å²) in [4.78, 5) is 16.7. The van der Waals surface area contributed by atoms with E-state index in [1.54, 1.807) is 17.5 Å². The zero-order chi connectivity index (χ0) is 18.1. The van der Waals surface area contributed by atoms with E-state index in [9.17, 15) is 0 Å². The Balaban J connectivity index is 1.44. The Morgan fingerprint density at radius 3 is 2.74 bits per heavy atom. The van der Waals surface area contributed by atoms with E-state index in [1.165, 1.54) is 5.69 Å². The van der Waals surface area contributed by atoms with Crippen LogP contribution < -0.4 is 10.2 Å². The summed E-state index contributed by atoms with van der Waals surface area (Å²) < 4.78 is 7.40. The molecule has 8 heteroatoms. The van der Waals surface area contributed by atoms with E-state index in [0.29, 0.717) is 0 Å². The van der Waals surface area contributed by atoms with Gasteiger partial charge in [0.1, 0.15) is 5.69 Å². The van der Waals surface area contributed by atoms with Crippen molar-refractivity contribution in [3.8, 4) is 10.6 Å². The summed E-state index contributed by atoms with van der Waals surface area (Å²) in [6, 6.07) is 8.41. The molecule has 4 aromatic rings. The smallest absolute Gasteiger partial charge is 0.180 e. The maximum absolute atomic E-state index is 5.42. The minimum absolute atomic E-state index is 0.727. The third-order valence-electron chi connectivity index (χ3n) is 4.57. The molecule has 0 aliphatic carbocycles. The van der Waals surface area contributed by atoms with Gasteiger partial charge in [-0.15, -0.1) is 11.3 Å². The maximum atomic E-state index is 5.42. The molecule has 3 aromatic heterocycles. The zero-order valence-electron chi connectivity index (χ0n) is 14.6. The van der Waals surface area contributed by atoms with Crippen LogP contribution in [0.2, 0.25) is 0 Å². The number of ether oxygens (including phenoxy) is 1. The second-order valence-electron chi connectivity index (χ2n) is 6.27. The second kappa shape index (κ2) is 6.98. The third-order valence-corrected chi connectivity index (χ3v) is 5.36. The summed E-state index contributed by atoms with van der Waals surface area (Å²) in [6.45, 7) is 3.43. The number of thiazole rings is 1. The van der Waals surface area contributed by atoms with Crippen LogP contribution in [0.15, 0.2) is 54.6 Å². The van der Waals surface area contributed by atoms with Gasteiger partial charge in [-0.1, -0.05) is 0 Å². The van der Waals surface area contributed by atoms with Crippen LogP contribution in [0.1, 0.15) is 0 Å². The molecule has 27 heavy (non-hydrogen) atoms. The lowest BCUT2D eigenvalue weighted by Gasteiger charge is -2.28. The average molecular weight is 378 g/mol. The summed E-state index contributed by atoms with van der Waals surface area (Å²) in [5, 5.41) is 3.41. The number of fused-ring (bicyclic) bond motifs is 1. The maximum Gasteiger partial charge on any atom is 0.180 e. The van der Waals surface area contributed by atoms with Gasteiger partial charge in [-0.3, -0.25) is 4.98 Å². The Labute approximate surface area is 160 Å². The summed E-state index contributed by atoms with van der Waals surface area (Å²) in [6.07, 6.45) is 7.51. The van der Waals surface area contributed by atoms with Gasteiger partial charge in [-0.05, 0) is 24.3 Å². The summed E-state index contributed by atoms with van der Waals surface area (Å²) in [7, 11) is 0. The number of nitrogens with zero attached hydrogens (tertiary/aromatic N) is 5. The fourth-order valence-electron chi connectivity index (χ4n) is 3.19. The van der Waals surface area contributed by atoms with Crippen LogP contribution in [-0.4, -0.2) is 45.7 Å². The lowest BCUT2D eigenvalue weighted by molar-refractivity contribution is 0.122. The number of benzene rings is 1. The van der Waals surface area contributed by atoms with Crippen LogP contribution in [0.3, 0.4) is 0 Å². The van der Waals surface area contributed by atoms with Gasteiger partial charge in [0.2, 0.25) is 0 Å². The first kappa shape index (κ1) is 16.2. The number of nitrogens with one attached hydrogen (secondary N) is 1. The molecule has 1 fully saturated rings. The van der Waals surface area contributed by atoms with Crippen molar-refractivity contribution in [1.82, 2.24) is 19.4 Å². The van der Waals surface area contributed by atoms with Crippen LogP contribution in [0, 0.1) is 0 Å². The first-order valence-electron chi connectivity index (χ1n) is 8.79. The highest BCUT2D eigenvalue weighted by Crippen LogP contribution is 2.27. The Kier molecular flexibility index (Phi) is 4.19. The summed E-state index contributed by atoms with van der Waals surface area (Å²) >= 11 is 1.57. The topological polar surface area (TPSA) is 67.6 Å². The number of hydrogen-bond donors (Lipinski definition) is 1. The molecule has 0 amide bonds. The van der Waals surface area contributed by atoms with Gasteiger partial charge in [-0.2, -0.15) is 0 Å². The minimum Gasteiger partial charge on any atom is -0.378 e. The summed E-state index contributed by atoms with van der Waals surface area (Å²) in [5.74, 6) is 0.727. The highest BCUT2D eigenvalue weighted by atomic mass is 32.1. The van der Waals surface area contributed by atoms with Crippen molar-refractivity contribution in [2.45, 2.75) is 0 Å². The predicted molar refractivity (Wildman–Crippen MR) is 107 cm³/mol. The van der Waals surface area contributed by atoms with E-state index >= 15 is 0 Å². The van der Waals surface area contributed by atoms with Crippen LogP contribution in [0.5, 0.6) is 0 Å². The largest absolute Gasteiger partial charge is 0.378 e. The van der Waals surface area contributed by atoms with Crippen molar-refractivity contribution in [1.29, 1.82) is 0 Å². The monoisotopic (exact) mass is 378 g/mol. The Morgan fingerprint density at radius 2 is 1.96 bits per heavy atom. The molecule has 0 saturated carbocycles. The van der Waals surface area contributed by atoms with E-state index in [0.717, 1.165) is 54.0 Å². The number of anilines is 3. The molecule has 1 saturated heterocycles. The molecule has 4 heterocycles. The SMILES string of the molecule is c1cn2cc(-c3cncs3)nc(Nc3ccc(N4CCOCC4)cc3)c2n1. The van der Waals surface area contributed by atoms with E-state index in [4.69, 9.17) is 9.72 Å². The molecule has 1 aliphatic rings. The van der Waals surface area contributed by atoms with Crippen LogP contribution in [0.4, 0.5) is 17.2 Å². The fourth-order valence-corrected chi connectivity index (χ4v) is 3.77. The van der Waals surface area contributed by atoms with Crippen molar-refractivity contribution in [2.75, 3.05) is 36.5 Å². The van der Waals surface area contributed by atoms with Gasteiger partial charge in [0.05, 0.1) is 23.6 Å². The molecule has 1 N–H and O–H groups in total. The predicted octanol–water partition coefficient (Wildman–Crippen LogP) is 3.43. The van der Waals surface area contributed by atoms with Gasteiger partial charge in [-0.25, -0.2) is 9.97 Å². The molecule has 7 nitrogen and oxygen atoms in total. The Morgan fingerprint density at radius 1 is 1.11 bits per heavy atom. The fraction of sp³-hybridized carbons (Fsp3) is 0.211. The number of aromatic nitrogens is 4. The van der Waals surface area contributed by atoms with Gasteiger partial charge in [0, 0.05) is 49.3 Å². The molecule has 5 rings (SSSR count). The van der Waals surface area contributed by atoms with Gasteiger partial charge < -0.3 is 19.4 Å². The Bertz CT molecular complexity index is 1040. The quantitative estimate of drug-likeness (QED) is 0.587. The van der Waals surface area contributed by atoms with Crippen LogP contribution in [0.25, 0.3) is 16.2 Å². The first-order chi connectivity index (χ1) is 13.4. The molecule has 0 bridgehead atoms. The standard InChI is InChI=1S/C19H18N6OS/c1-3-15(24-7-9-26-10-8-24)4-2-14(1)22-18-19-21-5-6-25(19)12-16(23-18)17-11-20-13-27-17/h1-6,11-13H,7-10H2,(H,22,23). The minimum atomic E-state index is 0.727. The van der Waals surface area contributed by atoms with Crippen molar-refractivity contribution in [3.63, 3.8) is 0 Å². The molecule has 0 radical (unpaired) electrons. The molecule has 1 aliphatic heterocycles. The van der Waals surface area contributed by atoms with Gasteiger partial charge >= 0.3 is 0 Å². The zero-order valence-corrected chi connectivity index (χ0v) is 15.4. The van der Waals surface area contributed by atoms with Crippen LogP contribution >= 0.6 is 11.3 Å². The molecule has 136 valence electrons. The highest BCUT2D eigenvalue weighted by Gasteiger charge is 2.13. The second-order valence-corrected chi connectivity index (χ2v) is 7.16. The van der Waals surface area contributed by atoms with Crippen molar-refractivity contribution in [3.05, 3.63) is 54.6 Å². The third kappa shape index (κ3) is 3.24. The molecule has 0 spiro atoms. The number of morpholine rings is 1. The number of hydrogen-bond acceptors (Lipinski definition) is 7. The molecule has 0 unspecified atom stereocenters. The van der Waals surface area contributed by atoms with E-state index in [-0.39, 0.29) is 0 Å². The van der Waals surface area contributed by atoms with E-state index in [1.807, 2.05) is 28.5 Å². The lowest BCUT2D eigenvalue weighted by Crippen LogP contribution is -2.36. The van der Waals surface area contributed by atoms with Crippen molar-refractivity contribution < 1.29 is 4.74 Å².